The Balaban J connectivity index is 1.86. The van der Waals surface area contributed by atoms with Crippen LogP contribution in [0.25, 0.3) is 11.4 Å². The lowest BCUT2D eigenvalue weighted by atomic mass is 9.98. The maximum Gasteiger partial charge on any atom is 0.251 e. The number of carbonyl (C=O) groups excluding carboxylic acids is 1. The van der Waals surface area contributed by atoms with Gasteiger partial charge in [-0.05, 0) is 36.6 Å². The Morgan fingerprint density at radius 1 is 1.22 bits per heavy atom. The summed E-state index contributed by atoms with van der Waals surface area (Å²) in [4.78, 5) is 17.1. The molecule has 0 aliphatic heterocycles. The van der Waals surface area contributed by atoms with E-state index in [1.54, 1.807) is 12.1 Å². The molecule has 2 aromatic carbocycles. The Bertz CT molecular complexity index is 924. The molecule has 0 fully saturated rings. The van der Waals surface area contributed by atoms with Crippen molar-refractivity contribution >= 4 is 17.5 Å². The van der Waals surface area contributed by atoms with Gasteiger partial charge in [0.05, 0.1) is 0 Å². The van der Waals surface area contributed by atoms with Crippen molar-refractivity contribution in [3.8, 4) is 11.4 Å². The number of nitrogens with zero attached hydrogens (tertiary/aromatic N) is 2. The van der Waals surface area contributed by atoms with Crippen LogP contribution >= 0.6 is 11.6 Å². The molecule has 5 nitrogen and oxygen atoms in total. The van der Waals surface area contributed by atoms with E-state index in [4.69, 9.17) is 16.1 Å². The number of halogens is 1. The highest BCUT2D eigenvalue weighted by Crippen LogP contribution is 2.28. The molecule has 6 heteroatoms. The number of rotatable bonds is 6. The zero-order chi connectivity index (χ0) is 19.4. The minimum absolute atomic E-state index is 0.132. The van der Waals surface area contributed by atoms with Crippen molar-refractivity contribution in [2.45, 2.75) is 33.2 Å². The van der Waals surface area contributed by atoms with E-state index in [1.165, 1.54) is 0 Å². The van der Waals surface area contributed by atoms with Gasteiger partial charge >= 0.3 is 0 Å². The van der Waals surface area contributed by atoms with Crippen LogP contribution in [0.5, 0.6) is 0 Å². The van der Waals surface area contributed by atoms with Crippen molar-refractivity contribution in [2.75, 3.05) is 0 Å². The van der Waals surface area contributed by atoms with E-state index >= 15 is 0 Å². The molecule has 1 aromatic heterocycles. The van der Waals surface area contributed by atoms with Crippen molar-refractivity contribution in [3.05, 3.63) is 70.6 Å². The molecular formula is C21H22ClN3O2. The molecular weight excluding hydrogens is 362 g/mol. The number of carbonyl (C=O) groups is 1. The molecule has 0 aliphatic carbocycles. The van der Waals surface area contributed by atoms with Gasteiger partial charge in [-0.25, -0.2) is 0 Å². The fourth-order valence-electron chi connectivity index (χ4n) is 2.71. The van der Waals surface area contributed by atoms with E-state index in [9.17, 15) is 4.79 Å². The van der Waals surface area contributed by atoms with Crippen LogP contribution in [0.4, 0.5) is 0 Å². The molecule has 3 aromatic rings. The first kappa shape index (κ1) is 19.1. The smallest absolute Gasteiger partial charge is 0.251 e. The van der Waals surface area contributed by atoms with Gasteiger partial charge < -0.3 is 9.84 Å². The molecule has 0 bridgehead atoms. The van der Waals surface area contributed by atoms with E-state index in [0.717, 1.165) is 17.5 Å². The van der Waals surface area contributed by atoms with Gasteiger partial charge in [-0.15, -0.1) is 0 Å². The average Bonchev–Trinajstić information content (AvgIpc) is 3.18. The van der Waals surface area contributed by atoms with Crippen molar-refractivity contribution in [1.82, 2.24) is 15.5 Å². The monoisotopic (exact) mass is 383 g/mol. The first-order valence-electron chi connectivity index (χ1n) is 8.95. The van der Waals surface area contributed by atoms with Crippen LogP contribution in [0.3, 0.4) is 0 Å². The average molecular weight is 384 g/mol. The second kappa shape index (κ2) is 8.35. The lowest BCUT2D eigenvalue weighted by Crippen LogP contribution is -2.32. The summed E-state index contributed by atoms with van der Waals surface area (Å²) in [5.41, 5.74) is 2.35. The van der Waals surface area contributed by atoms with Crippen LogP contribution in [0, 0.1) is 12.8 Å². The molecule has 27 heavy (non-hydrogen) atoms. The molecule has 0 aliphatic rings. The predicted molar refractivity (Wildman–Crippen MR) is 106 cm³/mol. The summed E-state index contributed by atoms with van der Waals surface area (Å²) >= 11 is 6.20. The molecule has 2 unspecified atom stereocenters. The van der Waals surface area contributed by atoms with E-state index in [2.05, 4.69) is 22.4 Å². The Labute approximate surface area is 163 Å². The molecule has 0 spiro atoms. The summed E-state index contributed by atoms with van der Waals surface area (Å²) in [7, 11) is 0. The maximum atomic E-state index is 12.6. The van der Waals surface area contributed by atoms with E-state index in [0.29, 0.717) is 22.3 Å². The third-order valence-corrected chi connectivity index (χ3v) is 5.08. The fraction of sp³-hybridized carbons (Fsp3) is 0.286. The van der Waals surface area contributed by atoms with Crippen molar-refractivity contribution in [3.63, 3.8) is 0 Å². The quantitative estimate of drug-likeness (QED) is 0.633. The van der Waals surface area contributed by atoms with Crippen molar-refractivity contribution < 1.29 is 9.32 Å². The molecule has 1 amide bonds. The number of benzene rings is 2. The second-order valence-corrected chi connectivity index (χ2v) is 7.03. The predicted octanol–water partition coefficient (Wildman–Crippen LogP) is 5.22. The third kappa shape index (κ3) is 4.37. The lowest BCUT2D eigenvalue weighted by Gasteiger charge is -2.20. The summed E-state index contributed by atoms with van der Waals surface area (Å²) in [6, 6.07) is 14.3. The topological polar surface area (TPSA) is 68.0 Å². The second-order valence-electron chi connectivity index (χ2n) is 6.62. The van der Waals surface area contributed by atoms with E-state index in [-0.39, 0.29) is 17.9 Å². The van der Waals surface area contributed by atoms with Crippen LogP contribution in [0.15, 0.2) is 53.1 Å². The van der Waals surface area contributed by atoms with Crippen LogP contribution in [-0.4, -0.2) is 16.0 Å². The number of aromatic nitrogens is 2. The highest BCUT2D eigenvalue weighted by Gasteiger charge is 2.27. The van der Waals surface area contributed by atoms with Gasteiger partial charge in [-0.2, -0.15) is 4.98 Å². The SMILES string of the molecule is CCC(C)C(NC(=O)c1ccccc1)c1nc(-c2ccc(C)c(Cl)c2)no1. The molecule has 1 N–H and O–H groups in total. The number of nitrogens with one attached hydrogen (secondary N) is 1. The van der Waals surface area contributed by atoms with E-state index in [1.807, 2.05) is 50.2 Å². The van der Waals surface area contributed by atoms with E-state index < -0.39 is 0 Å². The Hall–Kier alpha value is -2.66. The van der Waals surface area contributed by atoms with Crippen LogP contribution in [0.1, 0.15) is 48.1 Å². The normalized spacial score (nSPS) is 13.2. The maximum absolute atomic E-state index is 12.6. The minimum atomic E-state index is -0.370. The van der Waals surface area contributed by atoms with Crippen molar-refractivity contribution in [1.29, 1.82) is 0 Å². The molecule has 0 saturated heterocycles. The highest BCUT2D eigenvalue weighted by atomic mass is 35.5. The number of aryl methyl sites for hydroxylation is 1. The summed E-state index contributed by atoms with van der Waals surface area (Å²) in [6.07, 6.45) is 0.855. The number of amides is 1. The van der Waals surface area contributed by atoms with Gasteiger partial charge in [0.25, 0.3) is 5.91 Å². The minimum Gasteiger partial charge on any atom is -0.340 e. The van der Waals surface area contributed by atoms with Crippen LogP contribution in [-0.2, 0) is 0 Å². The van der Waals surface area contributed by atoms with Crippen LogP contribution in [0.2, 0.25) is 5.02 Å². The molecule has 0 saturated carbocycles. The summed E-state index contributed by atoms with van der Waals surface area (Å²) < 4.78 is 5.49. The number of hydrogen-bond donors (Lipinski definition) is 1. The Morgan fingerprint density at radius 3 is 2.63 bits per heavy atom. The molecule has 1 heterocycles. The standard InChI is InChI=1S/C21H22ClN3O2/c1-4-13(2)18(23-20(26)15-8-6-5-7-9-15)21-24-19(25-27-21)16-11-10-14(3)17(22)12-16/h5-13,18H,4H2,1-3H3,(H,23,26). The van der Waals surface area contributed by atoms with Crippen molar-refractivity contribution in [2.24, 2.45) is 5.92 Å². The summed E-state index contributed by atoms with van der Waals surface area (Å²) in [5, 5.41) is 7.75. The first-order chi connectivity index (χ1) is 13.0. The van der Waals surface area contributed by atoms with Crippen LogP contribution < -0.4 is 5.32 Å². The molecule has 2 atom stereocenters. The molecule has 140 valence electrons. The van der Waals surface area contributed by atoms with Gasteiger partial charge in [0.2, 0.25) is 11.7 Å². The fourth-order valence-corrected chi connectivity index (χ4v) is 2.89. The highest BCUT2D eigenvalue weighted by molar-refractivity contribution is 6.31. The first-order valence-corrected chi connectivity index (χ1v) is 9.33. The van der Waals surface area contributed by atoms with Gasteiger partial charge in [0.15, 0.2) is 0 Å². The van der Waals surface area contributed by atoms with Gasteiger partial charge in [-0.1, -0.05) is 67.4 Å². The van der Waals surface area contributed by atoms with Gasteiger partial charge in [-0.3, -0.25) is 4.79 Å². The zero-order valence-corrected chi connectivity index (χ0v) is 16.3. The summed E-state index contributed by atoms with van der Waals surface area (Å²) in [6.45, 7) is 6.04. The van der Waals surface area contributed by atoms with Gasteiger partial charge in [0.1, 0.15) is 6.04 Å². The molecule has 3 rings (SSSR count). The number of hydrogen-bond acceptors (Lipinski definition) is 4. The molecule has 0 radical (unpaired) electrons. The van der Waals surface area contributed by atoms with Gasteiger partial charge in [0, 0.05) is 16.1 Å². The summed E-state index contributed by atoms with van der Waals surface area (Å²) in [5.74, 6) is 0.807. The zero-order valence-electron chi connectivity index (χ0n) is 15.6. The third-order valence-electron chi connectivity index (χ3n) is 4.67. The Kier molecular flexibility index (Phi) is 5.91. The lowest BCUT2D eigenvalue weighted by molar-refractivity contribution is 0.0910. The largest absolute Gasteiger partial charge is 0.340 e. The Morgan fingerprint density at radius 2 is 1.96 bits per heavy atom.